The molecule has 0 aliphatic carbocycles. The van der Waals surface area contributed by atoms with Gasteiger partial charge in [-0.3, -0.25) is 4.79 Å². The fraction of sp³-hybridized carbons (Fsp3) is 0.353. The zero-order valence-corrected chi connectivity index (χ0v) is 13.9. The van der Waals surface area contributed by atoms with Crippen molar-refractivity contribution < 1.29 is 0 Å². The van der Waals surface area contributed by atoms with Gasteiger partial charge in [-0.1, -0.05) is 6.07 Å². The van der Waals surface area contributed by atoms with Crippen molar-refractivity contribution in [1.29, 1.82) is 0 Å². The van der Waals surface area contributed by atoms with Crippen molar-refractivity contribution in [3.8, 4) is 5.82 Å². The molecule has 1 aliphatic rings. The van der Waals surface area contributed by atoms with Gasteiger partial charge in [0.2, 0.25) is 0 Å². The van der Waals surface area contributed by atoms with Gasteiger partial charge in [0, 0.05) is 44.6 Å². The lowest BCUT2D eigenvalue weighted by atomic mass is 10.2. The van der Waals surface area contributed by atoms with E-state index in [1.165, 1.54) is 0 Å². The summed E-state index contributed by atoms with van der Waals surface area (Å²) in [4.78, 5) is 26.6. The Hall–Kier alpha value is -2.67. The number of hydrogen-bond acceptors (Lipinski definition) is 5. The molecule has 0 saturated carbocycles. The van der Waals surface area contributed by atoms with Crippen molar-refractivity contribution in [2.24, 2.45) is 0 Å². The molecule has 0 amide bonds. The van der Waals surface area contributed by atoms with Gasteiger partial charge < -0.3 is 9.80 Å². The number of fused-ring (bicyclic) bond motifs is 1. The number of hydrogen-bond donors (Lipinski definition) is 0. The maximum Gasteiger partial charge on any atom is 0.297 e. The van der Waals surface area contributed by atoms with Crippen molar-refractivity contribution in [3.05, 3.63) is 52.7 Å². The van der Waals surface area contributed by atoms with Gasteiger partial charge in [0.05, 0.1) is 5.69 Å². The zero-order chi connectivity index (χ0) is 16.7. The molecule has 1 saturated heterocycles. The molecule has 0 unspecified atom stereocenters. The summed E-state index contributed by atoms with van der Waals surface area (Å²) in [5.74, 6) is 0.699. The van der Waals surface area contributed by atoms with Crippen molar-refractivity contribution in [2.45, 2.75) is 6.92 Å². The molecular formula is C17H20N6O. The van der Waals surface area contributed by atoms with Crippen molar-refractivity contribution in [2.75, 3.05) is 38.1 Å². The molecule has 0 bridgehead atoms. The van der Waals surface area contributed by atoms with Crippen LogP contribution in [0.4, 0.5) is 5.69 Å². The number of rotatable bonds is 2. The predicted octanol–water partition coefficient (Wildman–Crippen LogP) is 0.940. The lowest BCUT2D eigenvalue weighted by Crippen LogP contribution is -2.47. The Bertz CT molecular complexity index is 921. The van der Waals surface area contributed by atoms with Gasteiger partial charge in [0.15, 0.2) is 11.5 Å². The molecule has 1 aliphatic heterocycles. The van der Waals surface area contributed by atoms with Gasteiger partial charge in [-0.2, -0.15) is 4.52 Å². The molecule has 0 aromatic carbocycles. The van der Waals surface area contributed by atoms with Crippen LogP contribution in [-0.4, -0.2) is 57.3 Å². The first-order valence-corrected chi connectivity index (χ1v) is 8.11. The maximum absolute atomic E-state index is 13.2. The second kappa shape index (κ2) is 5.76. The highest BCUT2D eigenvalue weighted by Crippen LogP contribution is 2.17. The molecule has 4 rings (SSSR count). The third-order valence-electron chi connectivity index (χ3n) is 4.52. The summed E-state index contributed by atoms with van der Waals surface area (Å²) >= 11 is 0. The Morgan fingerprint density at radius 2 is 1.88 bits per heavy atom. The first-order valence-electron chi connectivity index (χ1n) is 8.11. The molecule has 24 heavy (non-hydrogen) atoms. The Labute approximate surface area is 139 Å². The first-order chi connectivity index (χ1) is 11.6. The molecule has 3 aromatic heterocycles. The maximum atomic E-state index is 13.2. The fourth-order valence-electron chi connectivity index (χ4n) is 3.21. The molecule has 4 heterocycles. The van der Waals surface area contributed by atoms with E-state index in [1.807, 2.05) is 37.4 Å². The summed E-state index contributed by atoms with van der Waals surface area (Å²) in [6.45, 7) is 5.48. The number of nitrogens with zero attached hydrogens (tertiary/aromatic N) is 6. The van der Waals surface area contributed by atoms with E-state index < -0.39 is 0 Å². The van der Waals surface area contributed by atoms with E-state index in [2.05, 4.69) is 26.8 Å². The number of aromatic nitrogens is 4. The van der Waals surface area contributed by atoms with Crippen molar-refractivity contribution >= 4 is 11.3 Å². The summed E-state index contributed by atoms with van der Waals surface area (Å²) in [6, 6.07) is 7.48. The minimum Gasteiger partial charge on any atom is -0.363 e. The largest absolute Gasteiger partial charge is 0.363 e. The van der Waals surface area contributed by atoms with E-state index in [0.29, 0.717) is 17.2 Å². The Morgan fingerprint density at radius 1 is 1.08 bits per heavy atom. The normalized spacial score (nSPS) is 16.0. The number of anilines is 1. The predicted molar refractivity (Wildman–Crippen MR) is 93.0 cm³/mol. The molecule has 0 atom stereocenters. The fourth-order valence-corrected chi connectivity index (χ4v) is 3.21. The monoisotopic (exact) mass is 324 g/mol. The minimum absolute atomic E-state index is 0.0438. The van der Waals surface area contributed by atoms with E-state index in [1.54, 1.807) is 15.4 Å². The van der Waals surface area contributed by atoms with E-state index in [0.717, 1.165) is 31.9 Å². The highest BCUT2D eigenvalue weighted by molar-refractivity contribution is 5.54. The first kappa shape index (κ1) is 14.9. The van der Waals surface area contributed by atoms with Crippen molar-refractivity contribution in [1.82, 2.24) is 24.1 Å². The quantitative estimate of drug-likeness (QED) is 0.702. The number of likely N-dealkylation sites (N-methyl/N-ethyl adjacent to an activating group) is 1. The molecule has 0 N–H and O–H groups in total. The van der Waals surface area contributed by atoms with Gasteiger partial charge in [-0.05, 0) is 26.1 Å². The second-order valence-electron chi connectivity index (χ2n) is 6.16. The summed E-state index contributed by atoms with van der Waals surface area (Å²) in [5, 5.41) is 0. The second-order valence-corrected chi connectivity index (χ2v) is 6.16. The molecule has 7 heteroatoms. The van der Waals surface area contributed by atoms with Crippen LogP contribution in [0.1, 0.15) is 5.69 Å². The van der Waals surface area contributed by atoms with Crippen LogP contribution >= 0.6 is 0 Å². The van der Waals surface area contributed by atoms with Crippen LogP contribution in [0.15, 0.2) is 41.5 Å². The van der Waals surface area contributed by atoms with Gasteiger partial charge in [-0.15, -0.1) is 0 Å². The molecule has 0 spiro atoms. The lowest BCUT2D eigenvalue weighted by Gasteiger charge is -2.34. The molecule has 3 aromatic rings. The third kappa shape index (κ3) is 2.37. The molecule has 7 nitrogen and oxygen atoms in total. The number of piperazine rings is 1. The topological polar surface area (TPSA) is 58.7 Å². The van der Waals surface area contributed by atoms with Crippen LogP contribution in [0.2, 0.25) is 0 Å². The SMILES string of the molecule is Cc1nc2ccn(-c3ccccn3)n2c(=O)c1N1CCN(C)CC1. The molecule has 0 radical (unpaired) electrons. The van der Waals surface area contributed by atoms with Crippen LogP contribution in [0.25, 0.3) is 11.5 Å². The molecule has 1 fully saturated rings. The van der Waals surface area contributed by atoms with Crippen molar-refractivity contribution in [3.63, 3.8) is 0 Å². The van der Waals surface area contributed by atoms with Gasteiger partial charge in [-0.25, -0.2) is 14.6 Å². The number of aryl methyl sites for hydroxylation is 1. The summed E-state index contributed by atoms with van der Waals surface area (Å²) in [6.07, 6.45) is 3.55. The van der Waals surface area contributed by atoms with Gasteiger partial charge in [0.25, 0.3) is 5.56 Å². The molecule has 124 valence electrons. The molecular weight excluding hydrogens is 304 g/mol. The van der Waals surface area contributed by atoms with E-state index in [9.17, 15) is 4.79 Å². The minimum atomic E-state index is -0.0438. The average Bonchev–Trinajstić information content (AvgIpc) is 3.01. The van der Waals surface area contributed by atoms with Crippen LogP contribution in [-0.2, 0) is 0 Å². The van der Waals surface area contributed by atoms with Crippen LogP contribution in [0.5, 0.6) is 0 Å². The Balaban J connectivity index is 1.88. The zero-order valence-electron chi connectivity index (χ0n) is 13.9. The van der Waals surface area contributed by atoms with Crippen LogP contribution in [0, 0.1) is 6.92 Å². The summed E-state index contributed by atoms with van der Waals surface area (Å²) in [7, 11) is 2.10. The third-order valence-corrected chi connectivity index (χ3v) is 4.52. The van der Waals surface area contributed by atoms with Crippen LogP contribution in [0.3, 0.4) is 0 Å². The highest BCUT2D eigenvalue weighted by atomic mass is 16.1. The number of pyridine rings is 1. The average molecular weight is 324 g/mol. The Morgan fingerprint density at radius 3 is 2.58 bits per heavy atom. The van der Waals surface area contributed by atoms with E-state index in [-0.39, 0.29) is 5.56 Å². The highest BCUT2D eigenvalue weighted by Gasteiger charge is 2.22. The van der Waals surface area contributed by atoms with E-state index in [4.69, 9.17) is 0 Å². The smallest absolute Gasteiger partial charge is 0.297 e. The summed E-state index contributed by atoms with van der Waals surface area (Å²) in [5.41, 5.74) is 2.07. The lowest BCUT2D eigenvalue weighted by molar-refractivity contribution is 0.312. The van der Waals surface area contributed by atoms with Crippen LogP contribution < -0.4 is 10.5 Å². The van der Waals surface area contributed by atoms with E-state index >= 15 is 0 Å². The standard InChI is InChI=1S/C17H20N6O/c1-13-16(21-11-9-20(2)10-12-21)17(24)23-15(19-13)6-8-22(23)14-5-3-4-7-18-14/h3-8H,9-12H2,1-2H3. The summed E-state index contributed by atoms with van der Waals surface area (Å²) < 4.78 is 3.35. The Kier molecular flexibility index (Phi) is 3.57. The van der Waals surface area contributed by atoms with Gasteiger partial charge >= 0.3 is 0 Å². The van der Waals surface area contributed by atoms with Gasteiger partial charge in [0.1, 0.15) is 5.69 Å².